The fraction of sp³-hybridized carbons (Fsp3) is 0.250. The molecule has 7 aromatic carbocycles. The minimum atomic E-state index is -0.312. The van der Waals surface area contributed by atoms with Gasteiger partial charge in [0.15, 0.2) is 0 Å². The summed E-state index contributed by atoms with van der Waals surface area (Å²) in [5, 5.41) is 3.89. The van der Waals surface area contributed by atoms with Crippen LogP contribution < -0.4 is 33.4 Å². The average Bonchev–Trinajstić information content (AvgIpc) is 1.59. The third-order valence-corrected chi connectivity index (χ3v) is 27.8. The van der Waals surface area contributed by atoms with Gasteiger partial charge in [-0.15, -0.1) is 0 Å². The molecule has 25 rings (SSSR count). The van der Waals surface area contributed by atoms with Crippen LogP contribution in [0.25, 0.3) is 65.4 Å². The number of allylic oxidation sites excluding steroid dienone is 1. The number of methoxy groups -OCH3 is 1. The number of hydrogen-bond donors (Lipinski definition) is 0. The largest absolute Gasteiger partial charge is 0.383 e. The lowest BCUT2D eigenvalue weighted by molar-refractivity contribution is 0.157. The molecule has 0 amide bonds. The van der Waals surface area contributed by atoms with Crippen LogP contribution in [0.2, 0.25) is 0 Å². The zero-order valence-corrected chi connectivity index (χ0v) is 83.3. The van der Waals surface area contributed by atoms with Gasteiger partial charge in [-0.2, -0.15) is 0 Å². The Morgan fingerprint density at radius 1 is 0.362 bits per heavy atom. The minimum Gasteiger partial charge on any atom is -0.383 e. The Balaban J connectivity index is 0.000000108. The highest BCUT2D eigenvalue weighted by atomic mass is 19.1. The third kappa shape index (κ3) is 22.5. The van der Waals surface area contributed by atoms with E-state index in [2.05, 4.69) is 140 Å². The molecule has 734 valence electrons. The lowest BCUT2D eigenvalue weighted by Crippen LogP contribution is -2.32. The molecule has 18 aromatic rings. The van der Waals surface area contributed by atoms with E-state index in [4.69, 9.17) is 24.7 Å². The molecule has 5 unspecified atom stereocenters. The lowest BCUT2D eigenvalue weighted by Gasteiger charge is -2.26. The molecule has 149 heavy (non-hydrogen) atoms. The first-order valence-electron chi connectivity index (χ1n) is 50.5. The topological polar surface area (TPSA) is 283 Å². The van der Waals surface area contributed by atoms with Gasteiger partial charge in [0, 0.05) is 146 Å². The molecule has 5 atom stereocenters. The standard InChI is InChI=1S/C22H21N3O.C21H15FN2O.C21H19N3O.C20H17N3O2.C20H15N3O.C20H17N3O/c1-22(2)12-5-7-20-24-19-14-16(8-10-17-6-3-4-13-23-17)9-11-18(19)21(26)25(20)15-22;1-14-5-10-20-23-19-12-16(7-6-15-3-2-4-17(22)11-15)8-9-18(19)21(25)24(20)13-14;1-2-17-7-5-8-20-23-19-14-15(9-11-16-6-3-4-13-22-16)10-12-18(19)21(25)24(17)20;1-25-13-16-8-10-19-22-18-12-14(5-7-15-4-2-3-11-21-15)6-9-17(18)20(24)23(16)19;24-20-17-9-5-13(4-7-15-3-1-2-10-21-15)11-18(17)22-19-14-6-8-16(12-14)23(19)20;1-14-5-4-7-19-22-18-13-15(8-10-16-6-2-3-12-21-16)9-11-17(18)20(24)23(14)19/h3-4,6,9,11,13-14H,5,7,12,15H2,1-2H3;2-4,8-9,11-12H,1,5,10,13H2;3-4,6,10,12-14,17H,2,5,7-8H2,1H3;2-4,6,9,11-12,16H,8,10,13H2,1H3;1-3,5,9-11,14,16H,6,8,12H2;2-3,6,9,11-14H,4-5,7H2,1H3. The second-order valence-corrected chi connectivity index (χ2v) is 38.8. The van der Waals surface area contributed by atoms with E-state index in [1.165, 1.54) is 12.1 Å². The molecule has 0 spiro atoms. The van der Waals surface area contributed by atoms with E-state index in [1.807, 2.05) is 206 Å². The SMILES string of the molecule is C=C1CCc2nc3cc(C#Cc4cccc(F)c4)ccc3c(=O)n2C1.CC1(C)CCCc2nc3cc(C#Cc4ccccn4)ccc3c(=O)n2C1.CC1CCCc2nc3cc(C#Cc4ccccn4)ccc3c(=O)n21.CCC1CCCc2nc3cc(C#Cc4ccccn4)ccc3c(=O)n21.COCC1CCc2nc3cc(C#Cc4ccccn4)ccc3c(=O)n21.O=c1c2ccc(C#Cc3ccccn3)cc2nc2n1C1CCC2C1. The van der Waals surface area contributed by atoms with E-state index in [1.54, 1.807) is 71.5 Å². The second-order valence-electron chi connectivity index (χ2n) is 38.8. The summed E-state index contributed by atoms with van der Waals surface area (Å²) in [6, 6.07) is 68.8. The molecule has 1 aliphatic carbocycles. The Bertz CT molecular complexity index is 9100. The Hall–Kier alpha value is -17.9. The first-order chi connectivity index (χ1) is 72.6. The van der Waals surface area contributed by atoms with Crippen LogP contribution in [0, 0.1) is 82.3 Å². The second kappa shape index (κ2) is 44.4. The van der Waals surface area contributed by atoms with Crippen LogP contribution in [-0.4, -0.2) is 95.9 Å². The van der Waals surface area contributed by atoms with Crippen LogP contribution in [0.5, 0.6) is 0 Å². The van der Waals surface area contributed by atoms with Crippen molar-refractivity contribution in [3.05, 3.63) is 438 Å². The van der Waals surface area contributed by atoms with Crippen molar-refractivity contribution in [1.29, 1.82) is 0 Å². The fourth-order valence-electron chi connectivity index (χ4n) is 20.3. The van der Waals surface area contributed by atoms with Crippen LogP contribution in [0.4, 0.5) is 4.39 Å². The highest BCUT2D eigenvalue weighted by Gasteiger charge is 2.40. The van der Waals surface area contributed by atoms with Crippen molar-refractivity contribution in [2.45, 2.75) is 180 Å². The quantitative estimate of drug-likeness (QED) is 0.117. The average molecular weight is 1960 g/mol. The summed E-state index contributed by atoms with van der Waals surface area (Å²) in [5.41, 5.74) is 14.9. The normalized spacial score (nSPS) is 16.2. The van der Waals surface area contributed by atoms with Gasteiger partial charge in [0.1, 0.15) is 69.2 Å². The van der Waals surface area contributed by atoms with Gasteiger partial charge in [0.2, 0.25) is 0 Å². The number of fused-ring (bicyclic) bond motifs is 16. The summed E-state index contributed by atoms with van der Waals surface area (Å²) in [7, 11) is 1.66. The molecule has 17 heterocycles. The zero-order chi connectivity index (χ0) is 103. The molecule has 0 radical (unpaired) electrons. The molecule has 1 saturated carbocycles. The molecule has 24 nitrogen and oxygen atoms in total. The summed E-state index contributed by atoms with van der Waals surface area (Å²) < 4.78 is 29.5. The molecule has 2 bridgehead atoms. The number of benzene rings is 7. The summed E-state index contributed by atoms with van der Waals surface area (Å²) in [6.07, 6.45) is 25.2. The van der Waals surface area contributed by atoms with Crippen LogP contribution >= 0.6 is 0 Å². The zero-order valence-electron chi connectivity index (χ0n) is 83.3. The van der Waals surface area contributed by atoms with Gasteiger partial charge in [-0.25, -0.2) is 59.2 Å². The predicted molar refractivity (Wildman–Crippen MR) is 578 cm³/mol. The van der Waals surface area contributed by atoms with E-state index < -0.39 is 0 Å². The molecule has 25 heteroatoms. The van der Waals surface area contributed by atoms with Crippen molar-refractivity contribution in [2.24, 2.45) is 5.41 Å². The number of pyridine rings is 5. The Morgan fingerprint density at radius 2 is 0.738 bits per heavy atom. The molecule has 0 N–H and O–H groups in total. The molecule has 7 aliphatic rings. The van der Waals surface area contributed by atoms with Gasteiger partial charge in [0.25, 0.3) is 33.4 Å². The van der Waals surface area contributed by atoms with Gasteiger partial charge in [-0.1, -0.05) is 111 Å². The molecule has 0 saturated heterocycles. The van der Waals surface area contributed by atoms with E-state index in [0.29, 0.717) is 79.7 Å². The first kappa shape index (κ1) is 98.5. The summed E-state index contributed by atoms with van der Waals surface area (Å²) >= 11 is 0. The summed E-state index contributed by atoms with van der Waals surface area (Å²) in [5.74, 6) is 42.1. The Labute approximate surface area is 859 Å². The van der Waals surface area contributed by atoms with Crippen LogP contribution in [0.3, 0.4) is 0 Å². The number of ether oxygens (including phenoxy) is 1. The van der Waals surface area contributed by atoms with Crippen molar-refractivity contribution in [2.75, 3.05) is 13.7 Å². The number of aryl methyl sites for hydroxylation is 5. The smallest absolute Gasteiger partial charge is 0.261 e. The molecule has 1 fully saturated rings. The molecular weight excluding hydrogens is 1860 g/mol. The van der Waals surface area contributed by atoms with E-state index in [9.17, 15) is 33.2 Å². The van der Waals surface area contributed by atoms with Gasteiger partial charge < -0.3 is 4.74 Å². The number of nitrogens with zero attached hydrogens (tertiary/aromatic N) is 17. The third-order valence-electron chi connectivity index (χ3n) is 27.8. The number of rotatable bonds is 3. The van der Waals surface area contributed by atoms with Crippen molar-refractivity contribution < 1.29 is 9.13 Å². The molecule has 11 aromatic heterocycles. The summed E-state index contributed by atoms with van der Waals surface area (Å²) in [4.78, 5) is 126. The van der Waals surface area contributed by atoms with Gasteiger partial charge in [-0.05, 0) is 307 Å². The van der Waals surface area contributed by atoms with E-state index in [0.717, 1.165) is 234 Å². The maximum Gasteiger partial charge on any atom is 0.261 e. The van der Waals surface area contributed by atoms with Crippen LogP contribution in [0.1, 0.15) is 237 Å². The van der Waals surface area contributed by atoms with E-state index in [-0.39, 0.29) is 62.7 Å². The van der Waals surface area contributed by atoms with Crippen molar-refractivity contribution in [1.82, 2.24) is 82.2 Å². The monoisotopic (exact) mass is 1960 g/mol. The summed E-state index contributed by atoms with van der Waals surface area (Å²) in [6.45, 7) is 14.4. The lowest BCUT2D eigenvalue weighted by atomic mass is 9.88. The molecular formula is C124H104FN17O7. The van der Waals surface area contributed by atoms with Crippen molar-refractivity contribution in [3.8, 4) is 71.0 Å². The van der Waals surface area contributed by atoms with Crippen LogP contribution in [0.15, 0.2) is 296 Å². The highest BCUT2D eigenvalue weighted by Crippen LogP contribution is 2.47. The van der Waals surface area contributed by atoms with Gasteiger partial charge >= 0.3 is 0 Å². The van der Waals surface area contributed by atoms with Crippen LogP contribution in [-0.2, 0) is 49.9 Å². The maximum atomic E-state index is 13.2. The van der Waals surface area contributed by atoms with Gasteiger partial charge in [-0.3, -0.25) is 56.2 Å². The van der Waals surface area contributed by atoms with Gasteiger partial charge in [0.05, 0.1) is 78.1 Å². The van der Waals surface area contributed by atoms with E-state index >= 15 is 0 Å². The Morgan fingerprint density at radius 3 is 1.17 bits per heavy atom. The number of halogens is 1. The minimum absolute atomic E-state index is 0.00350. The maximum absolute atomic E-state index is 13.2. The van der Waals surface area contributed by atoms with Crippen molar-refractivity contribution in [3.63, 3.8) is 0 Å². The first-order valence-corrected chi connectivity index (χ1v) is 50.5. The van der Waals surface area contributed by atoms with Crippen molar-refractivity contribution >= 4 is 65.4 Å². The number of aromatic nitrogens is 17. The Kier molecular flexibility index (Phi) is 29.3. The fourth-order valence-corrected chi connectivity index (χ4v) is 20.3. The molecule has 6 aliphatic heterocycles. The predicted octanol–water partition coefficient (Wildman–Crippen LogP) is 18.9. The number of hydrogen-bond acceptors (Lipinski definition) is 18. The highest BCUT2D eigenvalue weighted by molar-refractivity contribution is 5.84.